The largest absolute Gasteiger partial charge is 0.447 e. The van der Waals surface area contributed by atoms with Crippen molar-refractivity contribution >= 4 is 10.0 Å². The van der Waals surface area contributed by atoms with Gasteiger partial charge in [0.15, 0.2) is 11.5 Å². The second kappa shape index (κ2) is 5.22. The monoisotopic (exact) mass is 357 g/mol. The van der Waals surface area contributed by atoms with Gasteiger partial charge in [0.2, 0.25) is 10.0 Å². The molecule has 130 valence electrons. The van der Waals surface area contributed by atoms with Gasteiger partial charge in [-0.15, -0.1) is 0 Å². The van der Waals surface area contributed by atoms with Gasteiger partial charge in [0.05, 0.1) is 11.4 Å². The number of fused-ring (bicyclic) bond motifs is 2. The molecule has 0 radical (unpaired) electrons. The summed E-state index contributed by atoms with van der Waals surface area (Å²) in [6.45, 7) is 0.606. The number of benzene rings is 2. The minimum atomic E-state index is -3.54. The molecule has 5 nitrogen and oxygen atoms in total. The first-order valence-electron chi connectivity index (χ1n) is 8.65. The van der Waals surface area contributed by atoms with Crippen LogP contribution in [0.4, 0.5) is 0 Å². The van der Waals surface area contributed by atoms with E-state index in [4.69, 9.17) is 9.47 Å². The van der Waals surface area contributed by atoms with Crippen molar-refractivity contribution < 1.29 is 17.9 Å². The molecule has 2 aromatic rings. The molecule has 0 amide bonds. The Kier molecular flexibility index (Phi) is 3.18. The van der Waals surface area contributed by atoms with Crippen LogP contribution in [-0.4, -0.2) is 31.6 Å². The third kappa shape index (κ3) is 2.35. The Morgan fingerprint density at radius 3 is 2.44 bits per heavy atom. The molecule has 2 aliphatic heterocycles. The maximum Gasteiger partial charge on any atom is 0.266 e. The number of hydrogen-bond donors (Lipinski definition) is 0. The molecule has 0 saturated carbocycles. The van der Waals surface area contributed by atoms with Gasteiger partial charge in [-0.1, -0.05) is 18.2 Å². The van der Waals surface area contributed by atoms with Gasteiger partial charge in [0.1, 0.15) is 0 Å². The molecule has 3 aliphatic rings. The molecule has 1 spiro atoms. The quantitative estimate of drug-likeness (QED) is 0.829. The van der Waals surface area contributed by atoms with Gasteiger partial charge in [-0.2, -0.15) is 4.31 Å². The SMILES string of the molecule is O=S(=O)(c1ccc2c(c1)CCC2)N1CCC2(C1)Oc1ccccc1O2. The van der Waals surface area contributed by atoms with Crippen molar-refractivity contribution in [3.05, 3.63) is 53.6 Å². The highest BCUT2D eigenvalue weighted by atomic mass is 32.2. The summed E-state index contributed by atoms with van der Waals surface area (Å²) in [5.74, 6) is 0.464. The summed E-state index contributed by atoms with van der Waals surface area (Å²) >= 11 is 0. The average molecular weight is 357 g/mol. The maximum atomic E-state index is 13.1. The third-order valence-electron chi connectivity index (χ3n) is 5.31. The normalized spacial score (nSPS) is 21.0. The second-order valence-electron chi connectivity index (χ2n) is 6.93. The zero-order valence-electron chi connectivity index (χ0n) is 13.8. The van der Waals surface area contributed by atoms with Crippen LogP contribution in [0.5, 0.6) is 11.5 Å². The van der Waals surface area contributed by atoms with E-state index in [2.05, 4.69) is 0 Å². The van der Waals surface area contributed by atoms with Gasteiger partial charge in [0, 0.05) is 13.0 Å². The van der Waals surface area contributed by atoms with Crippen LogP contribution >= 0.6 is 0 Å². The molecule has 0 aromatic heterocycles. The van der Waals surface area contributed by atoms with Crippen molar-refractivity contribution in [2.75, 3.05) is 13.1 Å². The Morgan fingerprint density at radius 2 is 1.68 bits per heavy atom. The molecule has 2 heterocycles. The first-order chi connectivity index (χ1) is 12.1. The number of hydrogen-bond acceptors (Lipinski definition) is 4. The van der Waals surface area contributed by atoms with E-state index >= 15 is 0 Å². The Bertz CT molecular complexity index is 929. The molecule has 0 atom stereocenters. The van der Waals surface area contributed by atoms with Crippen LogP contribution in [0.3, 0.4) is 0 Å². The first-order valence-corrected chi connectivity index (χ1v) is 10.1. The van der Waals surface area contributed by atoms with Crippen molar-refractivity contribution in [3.8, 4) is 11.5 Å². The Balaban J connectivity index is 1.41. The van der Waals surface area contributed by atoms with E-state index in [0.29, 0.717) is 29.4 Å². The fraction of sp³-hybridized carbons (Fsp3) is 0.368. The lowest BCUT2D eigenvalue weighted by atomic mass is 10.1. The fourth-order valence-corrected chi connectivity index (χ4v) is 5.52. The molecule has 25 heavy (non-hydrogen) atoms. The first kappa shape index (κ1) is 15.2. The molecular formula is C19H19NO4S. The number of rotatable bonds is 2. The molecule has 5 rings (SSSR count). The lowest BCUT2D eigenvalue weighted by molar-refractivity contribution is -0.0633. The van der Waals surface area contributed by atoms with Crippen molar-refractivity contribution in [3.63, 3.8) is 0 Å². The predicted molar refractivity (Wildman–Crippen MR) is 92.3 cm³/mol. The van der Waals surface area contributed by atoms with E-state index in [0.717, 1.165) is 24.8 Å². The summed E-state index contributed by atoms with van der Waals surface area (Å²) in [5, 5.41) is 0. The Hall–Kier alpha value is -2.05. The molecule has 0 unspecified atom stereocenters. The standard InChI is InChI=1S/C19H19NO4S/c21-25(22,16-9-8-14-4-3-5-15(14)12-16)20-11-10-19(13-20)23-17-6-1-2-7-18(17)24-19/h1-2,6-9,12H,3-5,10-11,13H2. The van der Waals surface area contributed by atoms with Gasteiger partial charge in [0.25, 0.3) is 5.79 Å². The van der Waals surface area contributed by atoms with Crippen LogP contribution in [0.15, 0.2) is 47.4 Å². The number of nitrogens with zero attached hydrogens (tertiary/aromatic N) is 1. The smallest absolute Gasteiger partial charge is 0.266 e. The number of sulfonamides is 1. The van der Waals surface area contributed by atoms with Gasteiger partial charge < -0.3 is 9.47 Å². The van der Waals surface area contributed by atoms with Gasteiger partial charge in [-0.05, 0) is 54.7 Å². The van der Waals surface area contributed by atoms with Gasteiger partial charge >= 0.3 is 0 Å². The van der Waals surface area contributed by atoms with E-state index in [1.165, 1.54) is 9.87 Å². The number of aryl methyl sites for hydroxylation is 2. The molecular weight excluding hydrogens is 338 g/mol. The van der Waals surface area contributed by atoms with E-state index < -0.39 is 15.8 Å². The van der Waals surface area contributed by atoms with E-state index in [-0.39, 0.29) is 6.54 Å². The Morgan fingerprint density at radius 1 is 0.960 bits per heavy atom. The van der Waals surface area contributed by atoms with Crippen LogP contribution in [0.2, 0.25) is 0 Å². The summed E-state index contributed by atoms with van der Waals surface area (Å²) in [6.07, 6.45) is 3.63. The molecule has 6 heteroatoms. The van der Waals surface area contributed by atoms with Crippen molar-refractivity contribution in [2.24, 2.45) is 0 Å². The van der Waals surface area contributed by atoms with Crippen LogP contribution in [0.25, 0.3) is 0 Å². The average Bonchev–Trinajstić information content (AvgIpc) is 3.31. The highest BCUT2D eigenvalue weighted by molar-refractivity contribution is 7.89. The van der Waals surface area contributed by atoms with E-state index in [1.54, 1.807) is 6.07 Å². The van der Waals surface area contributed by atoms with Crippen LogP contribution in [0, 0.1) is 0 Å². The van der Waals surface area contributed by atoms with Gasteiger partial charge in [-0.25, -0.2) is 8.42 Å². The Labute approximate surface area is 147 Å². The molecule has 0 N–H and O–H groups in total. The highest BCUT2D eigenvalue weighted by Crippen LogP contribution is 2.43. The van der Waals surface area contributed by atoms with Crippen molar-refractivity contribution in [1.29, 1.82) is 0 Å². The van der Waals surface area contributed by atoms with Crippen LogP contribution < -0.4 is 9.47 Å². The van der Waals surface area contributed by atoms with E-state index in [1.807, 2.05) is 36.4 Å². The molecule has 1 saturated heterocycles. The number of para-hydroxylation sites is 2. The molecule has 1 fully saturated rings. The lowest BCUT2D eigenvalue weighted by Crippen LogP contribution is -2.42. The van der Waals surface area contributed by atoms with Gasteiger partial charge in [-0.3, -0.25) is 0 Å². The molecule has 2 aromatic carbocycles. The summed E-state index contributed by atoms with van der Waals surface area (Å²) in [4.78, 5) is 0.376. The van der Waals surface area contributed by atoms with Crippen LogP contribution in [-0.2, 0) is 22.9 Å². The summed E-state index contributed by atoms with van der Waals surface area (Å²) in [6, 6.07) is 13.0. The molecule has 0 bridgehead atoms. The zero-order chi connectivity index (χ0) is 17.1. The zero-order valence-corrected chi connectivity index (χ0v) is 14.6. The lowest BCUT2D eigenvalue weighted by Gasteiger charge is -2.23. The summed E-state index contributed by atoms with van der Waals surface area (Å²) < 4.78 is 39.5. The maximum absolute atomic E-state index is 13.1. The van der Waals surface area contributed by atoms with Crippen LogP contribution in [0.1, 0.15) is 24.0 Å². The van der Waals surface area contributed by atoms with E-state index in [9.17, 15) is 8.42 Å². The minimum absolute atomic E-state index is 0.209. The highest BCUT2D eigenvalue weighted by Gasteiger charge is 2.50. The predicted octanol–water partition coefficient (Wildman–Crippen LogP) is 2.74. The second-order valence-corrected chi connectivity index (χ2v) is 8.87. The topological polar surface area (TPSA) is 55.8 Å². The minimum Gasteiger partial charge on any atom is -0.447 e. The fourth-order valence-electron chi connectivity index (χ4n) is 3.99. The summed E-state index contributed by atoms with van der Waals surface area (Å²) in [7, 11) is -3.54. The van der Waals surface area contributed by atoms with Crippen molar-refractivity contribution in [1.82, 2.24) is 4.31 Å². The summed E-state index contributed by atoms with van der Waals surface area (Å²) in [5.41, 5.74) is 2.44. The van der Waals surface area contributed by atoms with Crippen molar-refractivity contribution in [2.45, 2.75) is 36.4 Å². The number of ether oxygens (including phenoxy) is 2. The third-order valence-corrected chi connectivity index (χ3v) is 7.15. The molecule has 1 aliphatic carbocycles.